The largest absolute Gasteiger partial charge is 1.00 e. The monoisotopic (exact) mass is 333 g/mol. The van der Waals surface area contributed by atoms with Gasteiger partial charge in [-0.3, -0.25) is 9.69 Å². The molecule has 0 unspecified atom stereocenters. The molecule has 0 aromatic carbocycles. The van der Waals surface area contributed by atoms with Crippen molar-refractivity contribution in [3.05, 3.63) is 0 Å². The van der Waals surface area contributed by atoms with Gasteiger partial charge >= 0.3 is 35.7 Å². The van der Waals surface area contributed by atoms with Crippen molar-refractivity contribution in [2.24, 2.45) is 5.73 Å². The number of rotatable bonds is 5. The van der Waals surface area contributed by atoms with Crippen molar-refractivity contribution in [1.29, 1.82) is 0 Å². The van der Waals surface area contributed by atoms with Crippen molar-refractivity contribution in [3.8, 4) is 0 Å². The Morgan fingerprint density at radius 1 is 1.43 bits per heavy atom. The number of carbonyl (C=O) groups excluding carboxylic acids is 2. The Bertz CT molecular complexity index is 472. The Balaban J connectivity index is 0.00000400. The Kier molecular flexibility index (Phi) is 8.70. The SMILES string of the molecule is CCOC(=O)N1C[C@H](NOS(=O)(=O)[O-])CC[C@H]1C(N)=O.[Na+]. The second-order valence-corrected chi connectivity index (χ2v) is 5.14. The number of hydroxylamine groups is 1. The first-order chi connectivity index (χ1) is 9.24. The second kappa shape index (κ2) is 8.88. The maximum absolute atomic E-state index is 11.7. The molecule has 1 aliphatic heterocycles. The molecule has 2 atom stereocenters. The van der Waals surface area contributed by atoms with E-state index in [9.17, 15) is 22.6 Å². The molecule has 0 bridgehead atoms. The van der Waals surface area contributed by atoms with Gasteiger partial charge in [-0.05, 0) is 19.8 Å². The van der Waals surface area contributed by atoms with E-state index in [1.165, 1.54) is 0 Å². The summed E-state index contributed by atoms with van der Waals surface area (Å²) in [5.74, 6) is -0.686. The average molecular weight is 333 g/mol. The van der Waals surface area contributed by atoms with Gasteiger partial charge in [-0.15, -0.1) is 0 Å². The molecule has 116 valence electrons. The maximum Gasteiger partial charge on any atom is 1.00 e. The van der Waals surface area contributed by atoms with Crippen molar-refractivity contribution in [2.45, 2.75) is 31.8 Å². The van der Waals surface area contributed by atoms with Gasteiger partial charge < -0.3 is 15.0 Å². The van der Waals surface area contributed by atoms with Crippen LogP contribution >= 0.6 is 0 Å². The molecule has 1 saturated heterocycles. The molecular formula is C9H16N3NaO7S. The zero-order valence-corrected chi connectivity index (χ0v) is 14.6. The molecule has 0 aromatic rings. The van der Waals surface area contributed by atoms with E-state index in [-0.39, 0.29) is 49.1 Å². The zero-order valence-electron chi connectivity index (χ0n) is 11.8. The minimum Gasteiger partial charge on any atom is -0.724 e. The predicted octanol–water partition coefficient (Wildman–Crippen LogP) is -4.55. The van der Waals surface area contributed by atoms with Gasteiger partial charge in [-0.2, -0.15) is 9.76 Å². The van der Waals surface area contributed by atoms with Crippen LogP contribution in [0.5, 0.6) is 0 Å². The van der Waals surface area contributed by atoms with Gasteiger partial charge in [0, 0.05) is 6.54 Å². The molecule has 0 saturated carbocycles. The van der Waals surface area contributed by atoms with Crippen LogP contribution in [0.2, 0.25) is 0 Å². The number of ether oxygens (including phenoxy) is 1. The molecular weight excluding hydrogens is 317 g/mol. The van der Waals surface area contributed by atoms with Crippen molar-refractivity contribution in [1.82, 2.24) is 10.4 Å². The first-order valence-electron chi connectivity index (χ1n) is 5.87. The standard InChI is InChI=1S/C9H17N3O7S.Na/c1-2-18-9(14)12-5-6(11-19-20(15,16)17)3-4-7(12)8(10)13;/h6-7,11H,2-5H2,1H3,(H2,10,13)(H,15,16,17);/q;+1/p-1/t6-,7+;/m1./s1. The third-order valence-electron chi connectivity index (χ3n) is 2.73. The number of nitrogens with two attached hydrogens (primary N) is 1. The fourth-order valence-electron chi connectivity index (χ4n) is 1.90. The van der Waals surface area contributed by atoms with E-state index in [4.69, 9.17) is 10.5 Å². The van der Waals surface area contributed by atoms with Crippen LogP contribution in [0.1, 0.15) is 19.8 Å². The fourth-order valence-corrected chi connectivity index (χ4v) is 2.15. The Labute approximate surface area is 144 Å². The third-order valence-corrected chi connectivity index (χ3v) is 3.03. The number of hydrogen-bond donors (Lipinski definition) is 2. The molecule has 1 rings (SSSR count). The summed E-state index contributed by atoms with van der Waals surface area (Å²) < 4.78 is 39.7. The van der Waals surface area contributed by atoms with Crippen LogP contribution in [0.4, 0.5) is 4.79 Å². The van der Waals surface area contributed by atoms with Gasteiger partial charge in [0.15, 0.2) is 0 Å². The Morgan fingerprint density at radius 2 is 2.05 bits per heavy atom. The van der Waals surface area contributed by atoms with Gasteiger partial charge in [0.2, 0.25) is 16.3 Å². The number of nitrogens with zero attached hydrogens (tertiary/aromatic N) is 1. The van der Waals surface area contributed by atoms with E-state index in [0.29, 0.717) is 6.42 Å². The van der Waals surface area contributed by atoms with Gasteiger partial charge in [-0.1, -0.05) is 0 Å². The van der Waals surface area contributed by atoms with Crippen molar-refractivity contribution < 1.29 is 61.1 Å². The molecule has 1 heterocycles. The molecule has 3 N–H and O–H groups in total. The van der Waals surface area contributed by atoms with Crippen LogP contribution in [0.25, 0.3) is 0 Å². The fraction of sp³-hybridized carbons (Fsp3) is 0.778. The summed E-state index contributed by atoms with van der Waals surface area (Å²) in [5.41, 5.74) is 7.24. The maximum atomic E-state index is 11.7. The molecule has 21 heavy (non-hydrogen) atoms. The molecule has 0 spiro atoms. The van der Waals surface area contributed by atoms with Crippen LogP contribution in [0.3, 0.4) is 0 Å². The number of carbonyl (C=O) groups is 2. The average Bonchev–Trinajstić information content (AvgIpc) is 2.35. The summed E-state index contributed by atoms with van der Waals surface area (Å²) in [4.78, 5) is 24.1. The summed E-state index contributed by atoms with van der Waals surface area (Å²) >= 11 is 0. The van der Waals surface area contributed by atoms with Crippen LogP contribution < -0.4 is 40.8 Å². The van der Waals surface area contributed by atoms with E-state index in [1.54, 1.807) is 6.92 Å². The van der Waals surface area contributed by atoms with E-state index < -0.39 is 34.5 Å². The summed E-state index contributed by atoms with van der Waals surface area (Å²) in [6, 6.07) is -1.46. The van der Waals surface area contributed by atoms with Crippen LogP contribution in [0.15, 0.2) is 0 Å². The summed E-state index contributed by atoms with van der Waals surface area (Å²) in [5, 5.41) is 0. The minimum absolute atomic E-state index is 0. The smallest absolute Gasteiger partial charge is 0.724 e. The van der Waals surface area contributed by atoms with E-state index in [2.05, 4.69) is 4.28 Å². The van der Waals surface area contributed by atoms with Crippen molar-refractivity contribution in [3.63, 3.8) is 0 Å². The number of hydrogen-bond acceptors (Lipinski definition) is 8. The first kappa shape index (κ1) is 20.6. The van der Waals surface area contributed by atoms with Crippen LogP contribution in [-0.4, -0.2) is 55.1 Å². The molecule has 0 radical (unpaired) electrons. The normalized spacial score (nSPS) is 22.3. The molecule has 1 fully saturated rings. The summed E-state index contributed by atoms with van der Waals surface area (Å²) in [6.45, 7) is 1.65. The third kappa shape index (κ3) is 6.91. The summed E-state index contributed by atoms with van der Waals surface area (Å²) in [6.07, 6.45) is -0.236. The molecule has 0 aromatic heterocycles. The Morgan fingerprint density at radius 3 is 2.52 bits per heavy atom. The molecule has 0 aliphatic carbocycles. The number of nitrogens with one attached hydrogen (secondary N) is 1. The molecule has 1 aliphatic rings. The van der Waals surface area contributed by atoms with Gasteiger partial charge in [0.1, 0.15) is 6.04 Å². The number of piperidine rings is 1. The molecule has 10 nitrogen and oxygen atoms in total. The van der Waals surface area contributed by atoms with Crippen molar-refractivity contribution in [2.75, 3.05) is 13.2 Å². The topological polar surface area (TPSA) is 151 Å². The second-order valence-electron chi connectivity index (χ2n) is 4.15. The minimum atomic E-state index is -4.89. The summed E-state index contributed by atoms with van der Waals surface area (Å²) in [7, 11) is -4.89. The van der Waals surface area contributed by atoms with E-state index in [0.717, 1.165) is 4.90 Å². The van der Waals surface area contributed by atoms with Crippen LogP contribution in [0, 0.1) is 0 Å². The number of amides is 2. The quantitative estimate of drug-likeness (QED) is 0.221. The predicted molar refractivity (Wildman–Crippen MR) is 63.7 cm³/mol. The molecule has 2 amide bonds. The van der Waals surface area contributed by atoms with E-state index in [1.807, 2.05) is 5.48 Å². The Hall–Kier alpha value is -0.430. The number of likely N-dealkylation sites (tertiary alicyclic amines) is 1. The van der Waals surface area contributed by atoms with Gasteiger partial charge in [0.05, 0.1) is 12.6 Å². The van der Waals surface area contributed by atoms with Crippen molar-refractivity contribution >= 4 is 22.4 Å². The van der Waals surface area contributed by atoms with Gasteiger partial charge in [-0.25, -0.2) is 13.2 Å². The first-order valence-corrected chi connectivity index (χ1v) is 7.20. The van der Waals surface area contributed by atoms with Gasteiger partial charge in [0.25, 0.3) is 0 Å². The van der Waals surface area contributed by atoms with Crippen LogP contribution in [-0.2, 0) is 24.2 Å². The number of primary amides is 1. The van der Waals surface area contributed by atoms with E-state index >= 15 is 0 Å². The molecule has 12 heteroatoms. The zero-order chi connectivity index (χ0) is 15.3.